The molecule has 9 nitrogen and oxygen atoms in total. The van der Waals surface area contributed by atoms with Crippen LogP contribution >= 0.6 is 0 Å². The minimum Gasteiger partial charge on any atom is -0.465 e. The summed E-state index contributed by atoms with van der Waals surface area (Å²) < 4.78 is 17.1. The van der Waals surface area contributed by atoms with Gasteiger partial charge in [-0.1, -0.05) is 130 Å². The second-order valence-electron chi connectivity index (χ2n) is 16.8. The molecule has 0 aromatic heterocycles. The highest BCUT2D eigenvalue weighted by molar-refractivity contribution is 5.97. The van der Waals surface area contributed by atoms with E-state index in [1.807, 2.05) is 7.05 Å². The van der Waals surface area contributed by atoms with Gasteiger partial charge in [0.2, 0.25) is 5.78 Å². The van der Waals surface area contributed by atoms with E-state index in [-0.39, 0.29) is 30.4 Å². The number of esters is 2. The van der Waals surface area contributed by atoms with Crippen LogP contribution in [0.3, 0.4) is 0 Å². The van der Waals surface area contributed by atoms with Gasteiger partial charge in [-0.25, -0.2) is 0 Å². The summed E-state index contributed by atoms with van der Waals surface area (Å²) in [6.07, 6.45) is 32.0. The lowest BCUT2D eigenvalue weighted by Gasteiger charge is -2.24. The molecular weight excluding hydrogens is 715 g/mol. The number of ether oxygens (including phenoxy) is 3. The van der Waals surface area contributed by atoms with E-state index in [9.17, 15) is 14.4 Å². The molecule has 0 aromatic rings. The second-order valence-corrected chi connectivity index (χ2v) is 16.8. The number of rotatable bonds is 41. The van der Waals surface area contributed by atoms with Crippen LogP contribution in [0.15, 0.2) is 11.4 Å². The van der Waals surface area contributed by atoms with Crippen molar-refractivity contribution >= 4 is 17.7 Å². The number of ketones is 1. The molecule has 1 rings (SSSR count). The predicted molar refractivity (Wildman–Crippen MR) is 237 cm³/mol. The fraction of sp³-hybridized carbons (Fsp3) is 0.896. The maximum absolute atomic E-state index is 12.6. The number of hydrogen-bond donors (Lipinski definition) is 2. The van der Waals surface area contributed by atoms with Gasteiger partial charge in [-0.15, -0.1) is 0 Å². The number of unbranched alkanes of at least 4 members (excludes halogenated alkanes) is 16. The monoisotopic (exact) mass is 806 g/mol. The molecule has 0 saturated carbocycles. The molecule has 1 aliphatic heterocycles. The van der Waals surface area contributed by atoms with Gasteiger partial charge in [-0.2, -0.15) is 0 Å². The number of carbonyl (C=O) groups excluding carboxylic acids is 3. The summed E-state index contributed by atoms with van der Waals surface area (Å²) in [5.41, 5.74) is 1.50. The topological polar surface area (TPSA) is 106 Å². The van der Waals surface area contributed by atoms with Crippen molar-refractivity contribution in [1.82, 2.24) is 15.5 Å². The van der Waals surface area contributed by atoms with E-state index >= 15 is 0 Å². The zero-order valence-corrected chi connectivity index (χ0v) is 38.0. The standard InChI is InChI=1S/C48H91N3O6/c1-6-10-20-29-42(30-21-11-7-2)39-56-46(53)33-24-16-14-18-26-36-51(38-28-35-50-48-44(49-5)40-55-41-45(48)52)37-27-19-15-17-25-34-47(54)57-43(31-22-12-8-3)32-23-13-9-4/h42-43,49-50H,6-41H2,1-5H3. The van der Waals surface area contributed by atoms with Crippen LogP contribution in [0.2, 0.25) is 0 Å². The van der Waals surface area contributed by atoms with Gasteiger partial charge in [0, 0.05) is 26.4 Å². The van der Waals surface area contributed by atoms with Crippen molar-refractivity contribution in [2.75, 3.05) is 53.0 Å². The Morgan fingerprint density at radius 3 is 1.65 bits per heavy atom. The third kappa shape index (κ3) is 29.7. The van der Waals surface area contributed by atoms with E-state index < -0.39 is 0 Å². The smallest absolute Gasteiger partial charge is 0.306 e. The first-order valence-electron chi connectivity index (χ1n) is 24.2. The average molecular weight is 806 g/mol. The van der Waals surface area contributed by atoms with E-state index in [4.69, 9.17) is 14.2 Å². The molecule has 0 atom stereocenters. The SMILES string of the molecule is CCCCCC(CCCCC)COC(=O)CCCCCCCN(CCCCCCCC(=O)OC(CCCCC)CCCCC)CCCNC1=C(NC)COCC1=O. The van der Waals surface area contributed by atoms with Crippen LogP contribution in [-0.4, -0.2) is 81.8 Å². The molecule has 9 heteroatoms. The molecule has 1 heterocycles. The molecule has 2 N–H and O–H groups in total. The summed E-state index contributed by atoms with van der Waals surface area (Å²) in [5, 5.41) is 6.49. The summed E-state index contributed by atoms with van der Waals surface area (Å²) in [4.78, 5) is 40.1. The Morgan fingerprint density at radius 1 is 0.614 bits per heavy atom. The van der Waals surface area contributed by atoms with Gasteiger partial charge in [0.25, 0.3) is 0 Å². The highest BCUT2D eigenvalue weighted by Crippen LogP contribution is 2.20. The Kier molecular flexibility index (Phi) is 35.3. The number of nitrogens with zero attached hydrogens (tertiary/aromatic N) is 1. The third-order valence-electron chi connectivity index (χ3n) is 11.5. The van der Waals surface area contributed by atoms with Gasteiger partial charge in [0.15, 0.2) is 0 Å². The number of Topliss-reactive ketones (excluding diaryl/α,β-unsaturated/α-hetero) is 1. The lowest BCUT2D eigenvalue weighted by atomic mass is 9.96. The number of nitrogens with one attached hydrogen (secondary N) is 2. The molecule has 0 aliphatic carbocycles. The zero-order chi connectivity index (χ0) is 41.6. The van der Waals surface area contributed by atoms with Crippen molar-refractivity contribution in [2.45, 2.75) is 220 Å². The Morgan fingerprint density at radius 2 is 1.11 bits per heavy atom. The van der Waals surface area contributed by atoms with E-state index in [2.05, 4.69) is 43.2 Å². The average Bonchev–Trinajstić information content (AvgIpc) is 3.20. The first-order valence-corrected chi connectivity index (χ1v) is 24.2. The van der Waals surface area contributed by atoms with E-state index in [0.717, 1.165) is 115 Å². The van der Waals surface area contributed by atoms with Gasteiger partial charge < -0.3 is 29.7 Å². The first-order chi connectivity index (χ1) is 27.9. The molecule has 57 heavy (non-hydrogen) atoms. The maximum atomic E-state index is 12.6. The van der Waals surface area contributed by atoms with Gasteiger partial charge >= 0.3 is 11.9 Å². The van der Waals surface area contributed by atoms with Crippen LogP contribution in [0.25, 0.3) is 0 Å². The fourth-order valence-electron chi connectivity index (χ4n) is 7.79. The van der Waals surface area contributed by atoms with Crippen molar-refractivity contribution in [3.8, 4) is 0 Å². The molecule has 0 unspecified atom stereocenters. The quantitative estimate of drug-likeness (QED) is 0.0461. The lowest BCUT2D eigenvalue weighted by molar-refractivity contribution is -0.150. The van der Waals surface area contributed by atoms with Crippen molar-refractivity contribution in [3.05, 3.63) is 11.4 Å². The molecule has 0 aromatic carbocycles. The molecule has 1 aliphatic rings. The Bertz CT molecular complexity index is 1000. The van der Waals surface area contributed by atoms with Crippen molar-refractivity contribution in [1.29, 1.82) is 0 Å². The predicted octanol–water partition coefficient (Wildman–Crippen LogP) is 11.4. The molecule has 0 bridgehead atoms. The summed E-state index contributed by atoms with van der Waals surface area (Å²) in [6.45, 7) is 14.0. The molecule has 0 saturated heterocycles. The third-order valence-corrected chi connectivity index (χ3v) is 11.5. The number of hydrogen-bond acceptors (Lipinski definition) is 9. The van der Waals surface area contributed by atoms with Crippen molar-refractivity contribution in [3.63, 3.8) is 0 Å². The Hall–Kier alpha value is -2.13. The highest BCUT2D eigenvalue weighted by Gasteiger charge is 2.20. The molecule has 0 radical (unpaired) electrons. The van der Waals surface area contributed by atoms with Crippen molar-refractivity contribution < 1.29 is 28.6 Å². The van der Waals surface area contributed by atoms with Crippen LogP contribution in [0.4, 0.5) is 0 Å². The number of likely N-dealkylation sites (N-methyl/N-ethyl adjacent to an activating group) is 1. The zero-order valence-electron chi connectivity index (χ0n) is 38.0. The van der Waals surface area contributed by atoms with Crippen molar-refractivity contribution in [2.24, 2.45) is 5.92 Å². The second kappa shape index (κ2) is 38.1. The molecular formula is C48H91N3O6. The lowest BCUT2D eigenvalue weighted by Crippen LogP contribution is -2.36. The largest absolute Gasteiger partial charge is 0.465 e. The van der Waals surface area contributed by atoms with Crippen LogP contribution < -0.4 is 10.6 Å². The minimum atomic E-state index is -0.0185. The fourth-order valence-corrected chi connectivity index (χ4v) is 7.79. The summed E-state index contributed by atoms with van der Waals surface area (Å²) in [5.74, 6) is 0.505. The van der Waals surface area contributed by atoms with E-state index in [1.54, 1.807) is 0 Å². The summed E-state index contributed by atoms with van der Waals surface area (Å²) in [6, 6.07) is 0. The van der Waals surface area contributed by atoms with Crippen LogP contribution in [0.5, 0.6) is 0 Å². The Labute approximate surface area is 351 Å². The highest BCUT2D eigenvalue weighted by atomic mass is 16.5. The van der Waals surface area contributed by atoms with E-state index in [1.165, 1.54) is 89.9 Å². The molecule has 0 amide bonds. The number of carbonyl (C=O) groups is 3. The van der Waals surface area contributed by atoms with Crippen LogP contribution in [-0.2, 0) is 28.6 Å². The molecule has 0 fully saturated rings. The maximum Gasteiger partial charge on any atom is 0.306 e. The van der Waals surface area contributed by atoms with Gasteiger partial charge in [0.1, 0.15) is 18.4 Å². The van der Waals surface area contributed by atoms with Gasteiger partial charge in [-0.3, -0.25) is 14.4 Å². The Balaban J connectivity index is 2.42. The van der Waals surface area contributed by atoms with Gasteiger partial charge in [-0.05, 0) is 96.2 Å². The minimum absolute atomic E-state index is 0.00718. The molecule has 0 spiro atoms. The van der Waals surface area contributed by atoms with Gasteiger partial charge in [0.05, 0.1) is 18.9 Å². The van der Waals surface area contributed by atoms with E-state index in [0.29, 0.717) is 37.7 Å². The van der Waals surface area contributed by atoms with Crippen LogP contribution in [0, 0.1) is 5.92 Å². The molecule has 334 valence electrons. The first kappa shape index (κ1) is 52.9. The normalized spacial score (nSPS) is 13.3. The van der Waals surface area contributed by atoms with Crippen LogP contribution in [0.1, 0.15) is 214 Å². The summed E-state index contributed by atoms with van der Waals surface area (Å²) in [7, 11) is 1.83. The summed E-state index contributed by atoms with van der Waals surface area (Å²) >= 11 is 0.